The number of halogens is 2. The molecule has 32 heavy (non-hydrogen) atoms. The smallest absolute Gasteiger partial charge is 0.243 e. The Morgan fingerprint density at radius 2 is 1.91 bits per heavy atom. The summed E-state index contributed by atoms with van der Waals surface area (Å²) in [6, 6.07) is 10.7. The van der Waals surface area contributed by atoms with Gasteiger partial charge in [-0.2, -0.15) is 4.31 Å². The minimum Gasteiger partial charge on any atom is -0.492 e. The van der Waals surface area contributed by atoms with Crippen LogP contribution < -0.4 is 10.1 Å². The quantitative estimate of drug-likeness (QED) is 0.503. The summed E-state index contributed by atoms with van der Waals surface area (Å²) in [6.07, 6.45) is 0. The van der Waals surface area contributed by atoms with Crippen LogP contribution in [0.25, 0.3) is 0 Å². The molecule has 0 bridgehead atoms. The molecule has 2 aromatic rings. The van der Waals surface area contributed by atoms with E-state index in [1.807, 2.05) is 0 Å². The highest BCUT2D eigenvalue weighted by Gasteiger charge is 2.26. The van der Waals surface area contributed by atoms with E-state index in [9.17, 15) is 17.6 Å². The van der Waals surface area contributed by atoms with Crippen LogP contribution in [0.15, 0.2) is 47.4 Å². The lowest BCUT2D eigenvalue weighted by atomic mass is 10.2. The molecular formula is C21H24ClFN2O5S2. The highest BCUT2D eigenvalue weighted by atomic mass is 35.5. The lowest BCUT2D eigenvalue weighted by Crippen LogP contribution is -2.40. The van der Waals surface area contributed by atoms with Gasteiger partial charge in [-0.25, -0.2) is 12.8 Å². The summed E-state index contributed by atoms with van der Waals surface area (Å²) in [7, 11) is -3.54. The summed E-state index contributed by atoms with van der Waals surface area (Å²) in [6.45, 7) is 1.97. The maximum atomic E-state index is 13.7. The number of amides is 1. The fourth-order valence-electron chi connectivity index (χ4n) is 2.97. The lowest BCUT2D eigenvalue weighted by molar-refractivity contribution is -0.118. The molecule has 0 aliphatic carbocycles. The summed E-state index contributed by atoms with van der Waals surface area (Å²) in [5, 5.41) is 3.06. The number of ether oxygens (including phenoxy) is 2. The molecule has 1 heterocycles. The lowest BCUT2D eigenvalue weighted by Gasteiger charge is -2.26. The second-order valence-corrected chi connectivity index (χ2v) is 10.2. The van der Waals surface area contributed by atoms with Gasteiger partial charge in [0.05, 0.1) is 30.4 Å². The molecule has 1 N–H and O–H groups in total. The first kappa shape index (κ1) is 24.8. The highest BCUT2D eigenvalue weighted by Crippen LogP contribution is 2.24. The molecule has 1 amide bonds. The number of carbonyl (C=O) groups excluding carboxylic acids is 1. The predicted molar refractivity (Wildman–Crippen MR) is 122 cm³/mol. The Kier molecular flexibility index (Phi) is 9.18. The highest BCUT2D eigenvalue weighted by molar-refractivity contribution is 7.99. The van der Waals surface area contributed by atoms with Gasteiger partial charge in [-0.05, 0) is 36.4 Å². The molecule has 1 fully saturated rings. The third-order valence-electron chi connectivity index (χ3n) is 4.67. The van der Waals surface area contributed by atoms with E-state index < -0.39 is 10.0 Å². The zero-order valence-corrected chi connectivity index (χ0v) is 19.6. The van der Waals surface area contributed by atoms with Crippen molar-refractivity contribution in [2.75, 3.05) is 45.2 Å². The molecule has 0 saturated carbocycles. The third-order valence-corrected chi connectivity index (χ3v) is 7.89. The molecule has 1 aliphatic heterocycles. The van der Waals surface area contributed by atoms with Crippen LogP contribution in [-0.4, -0.2) is 63.8 Å². The number of hydrogen-bond donors (Lipinski definition) is 1. The number of carbonyl (C=O) groups is 1. The number of thioether (sulfide) groups is 1. The number of nitrogens with one attached hydrogen (secondary N) is 1. The number of morpholine rings is 1. The Hall–Kier alpha value is -1.85. The van der Waals surface area contributed by atoms with E-state index in [0.29, 0.717) is 48.4 Å². The van der Waals surface area contributed by atoms with Gasteiger partial charge in [0.2, 0.25) is 15.9 Å². The fraction of sp³-hybridized carbons (Fsp3) is 0.381. The second kappa shape index (κ2) is 11.9. The van der Waals surface area contributed by atoms with Crippen molar-refractivity contribution in [3.63, 3.8) is 0 Å². The SMILES string of the molecule is O=C(CSCc1c(F)cccc1Cl)NCCOc1ccc(S(=O)(=O)N2CCOCC2)cc1. The molecule has 2 aromatic carbocycles. The Labute approximate surface area is 196 Å². The number of sulfonamides is 1. The van der Waals surface area contributed by atoms with Crippen LogP contribution >= 0.6 is 23.4 Å². The maximum absolute atomic E-state index is 13.7. The van der Waals surface area contributed by atoms with Crippen LogP contribution in [0.1, 0.15) is 5.56 Å². The van der Waals surface area contributed by atoms with Crippen molar-refractivity contribution in [1.29, 1.82) is 0 Å². The maximum Gasteiger partial charge on any atom is 0.243 e. The molecule has 174 valence electrons. The minimum absolute atomic E-state index is 0.165. The van der Waals surface area contributed by atoms with Crippen molar-refractivity contribution < 1.29 is 27.1 Å². The zero-order valence-electron chi connectivity index (χ0n) is 17.3. The Morgan fingerprint density at radius 3 is 2.59 bits per heavy atom. The molecule has 0 unspecified atom stereocenters. The summed E-state index contributed by atoms with van der Waals surface area (Å²) < 4.78 is 51.1. The van der Waals surface area contributed by atoms with Crippen molar-refractivity contribution >= 4 is 39.3 Å². The van der Waals surface area contributed by atoms with Crippen molar-refractivity contribution in [2.45, 2.75) is 10.6 Å². The molecule has 7 nitrogen and oxygen atoms in total. The van der Waals surface area contributed by atoms with Crippen molar-refractivity contribution in [1.82, 2.24) is 9.62 Å². The summed E-state index contributed by atoms with van der Waals surface area (Å²) >= 11 is 7.24. The van der Waals surface area contributed by atoms with E-state index in [1.54, 1.807) is 18.2 Å². The van der Waals surface area contributed by atoms with Gasteiger partial charge in [-0.1, -0.05) is 17.7 Å². The van der Waals surface area contributed by atoms with Crippen LogP contribution in [0, 0.1) is 5.82 Å². The van der Waals surface area contributed by atoms with Crippen LogP contribution in [0.3, 0.4) is 0 Å². The molecule has 11 heteroatoms. The van der Waals surface area contributed by atoms with Crippen molar-refractivity contribution in [2.24, 2.45) is 0 Å². The first-order valence-electron chi connectivity index (χ1n) is 9.96. The number of benzene rings is 2. The van der Waals surface area contributed by atoms with Crippen molar-refractivity contribution in [3.8, 4) is 5.75 Å². The summed E-state index contributed by atoms with van der Waals surface area (Å²) in [5.41, 5.74) is 0.384. The normalized spacial score (nSPS) is 14.8. The van der Waals surface area contributed by atoms with Gasteiger partial charge >= 0.3 is 0 Å². The first-order chi connectivity index (χ1) is 15.4. The van der Waals surface area contributed by atoms with E-state index in [-0.39, 0.29) is 35.5 Å². The van der Waals surface area contributed by atoms with Crippen LogP contribution in [-0.2, 0) is 25.3 Å². The average Bonchev–Trinajstić information content (AvgIpc) is 2.79. The van der Waals surface area contributed by atoms with E-state index >= 15 is 0 Å². The van der Waals surface area contributed by atoms with E-state index in [0.717, 1.165) is 0 Å². The topological polar surface area (TPSA) is 84.9 Å². The van der Waals surface area contributed by atoms with Crippen LogP contribution in [0.4, 0.5) is 4.39 Å². The van der Waals surface area contributed by atoms with Gasteiger partial charge in [0.1, 0.15) is 18.2 Å². The largest absolute Gasteiger partial charge is 0.492 e. The molecule has 1 saturated heterocycles. The van der Waals surface area contributed by atoms with Gasteiger partial charge in [0, 0.05) is 29.4 Å². The van der Waals surface area contributed by atoms with Gasteiger partial charge < -0.3 is 14.8 Å². The molecule has 0 spiro atoms. The monoisotopic (exact) mass is 502 g/mol. The zero-order chi connectivity index (χ0) is 23.0. The number of nitrogens with zero attached hydrogens (tertiary/aromatic N) is 1. The van der Waals surface area contributed by atoms with Gasteiger partial charge in [-0.3, -0.25) is 4.79 Å². The fourth-order valence-corrected chi connectivity index (χ4v) is 5.57. The molecule has 0 radical (unpaired) electrons. The van der Waals surface area contributed by atoms with Crippen LogP contribution in [0.5, 0.6) is 5.75 Å². The second-order valence-electron chi connectivity index (χ2n) is 6.88. The van der Waals surface area contributed by atoms with E-state index in [4.69, 9.17) is 21.1 Å². The summed E-state index contributed by atoms with van der Waals surface area (Å²) in [4.78, 5) is 12.1. The number of rotatable bonds is 10. The molecule has 3 rings (SSSR count). The summed E-state index contributed by atoms with van der Waals surface area (Å²) in [5.74, 6) is 0.387. The molecule has 1 aliphatic rings. The first-order valence-corrected chi connectivity index (χ1v) is 12.9. The Balaban J connectivity index is 1.37. The van der Waals surface area contributed by atoms with Crippen molar-refractivity contribution in [3.05, 3.63) is 58.9 Å². The Bertz CT molecular complexity index is 995. The molecule has 0 aromatic heterocycles. The third kappa shape index (κ3) is 6.82. The van der Waals surface area contributed by atoms with Gasteiger partial charge in [0.15, 0.2) is 0 Å². The van der Waals surface area contributed by atoms with E-state index in [2.05, 4.69) is 5.32 Å². The number of hydrogen-bond acceptors (Lipinski definition) is 6. The average molecular weight is 503 g/mol. The van der Waals surface area contributed by atoms with Crippen LogP contribution in [0.2, 0.25) is 5.02 Å². The predicted octanol–water partition coefficient (Wildman–Crippen LogP) is 2.93. The minimum atomic E-state index is -3.54. The van der Waals surface area contributed by atoms with Gasteiger partial charge in [0.25, 0.3) is 0 Å². The van der Waals surface area contributed by atoms with Gasteiger partial charge in [-0.15, -0.1) is 11.8 Å². The standard InChI is InChI=1S/C21H24ClFN2O5S2/c22-19-2-1-3-20(23)18(19)14-31-15-21(26)24-8-11-30-16-4-6-17(7-5-16)32(27,28)25-9-12-29-13-10-25/h1-7H,8-15H2,(H,24,26). The van der Waals surface area contributed by atoms with E-state index in [1.165, 1.54) is 40.3 Å². The Morgan fingerprint density at radius 1 is 1.19 bits per heavy atom. The molecular weight excluding hydrogens is 479 g/mol. The molecule has 0 atom stereocenters.